The summed E-state index contributed by atoms with van der Waals surface area (Å²) in [4.78, 5) is 26.7. The van der Waals surface area contributed by atoms with Gasteiger partial charge in [0.25, 0.3) is 0 Å². The normalized spacial score (nSPS) is 16.9. The molecule has 3 aromatic carbocycles. The van der Waals surface area contributed by atoms with Gasteiger partial charge in [0.15, 0.2) is 11.5 Å². The van der Waals surface area contributed by atoms with Gasteiger partial charge in [-0.05, 0) is 48.5 Å². The van der Waals surface area contributed by atoms with Gasteiger partial charge >= 0.3 is 6.03 Å². The van der Waals surface area contributed by atoms with Crippen molar-refractivity contribution in [3.63, 3.8) is 0 Å². The van der Waals surface area contributed by atoms with Crippen molar-refractivity contribution in [1.82, 2.24) is 5.32 Å². The Labute approximate surface area is 191 Å². The summed E-state index contributed by atoms with van der Waals surface area (Å²) in [6.07, 6.45) is 0.238. The zero-order valence-electron chi connectivity index (χ0n) is 17.9. The van der Waals surface area contributed by atoms with Gasteiger partial charge in [-0.3, -0.25) is 4.79 Å². The standard InChI is InChI=1S/C25H24N4O4/c30-24-14-20(16-29(24)21-10-11-22-23(15-21)33-13-12-32-22)28-25(31)27-19-8-6-18(7-9-19)26-17-4-2-1-3-5-17/h1-11,15,20,26H,12-14,16H2,(H2,27,28,31)/t20-/m0/s1. The molecule has 0 aliphatic carbocycles. The quantitative estimate of drug-likeness (QED) is 0.550. The molecule has 3 N–H and O–H groups in total. The Hall–Kier alpha value is -4.20. The Morgan fingerprint density at radius 1 is 0.848 bits per heavy atom. The van der Waals surface area contributed by atoms with Crippen LogP contribution in [0.2, 0.25) is 0 Å². The lowest BCUT2D eigenvalue weighted by Gasteiger charge is -2.22. The SMILES string of the molecule is O=C(Nc1ccc(Nc2ccccc2)cc1)N[C@H]1CC(=O)N(c2ccc3c(c2)OCCO3)C1. The highest BCUT2D eigenvalue weighted by Gasteiger charge is 2.32. The minimum atomic E-state index is -0.347. The minimum absolute atomic E-state index is 0.0479. The number of carbonyl (C=O) groups excluding carboxylic acids is 2. The lowest BCUT2D eigenvalue weighted by atomic mass is 10.2. The summed E-state index contributed by atoms with van der Waals surface area (Å²) in [5, 5.41) is 9.02. The Balaban J connectivity index is 1.16. The molecule has 0 saturated carbocycles. The fourth-order valence-electron chi connectivity index (χ4n) is 3.93. The van der Waals surface area contributed by atoms with E-state index in [0.717, 1.165) is 17.1 Å². The third kappa shape index (κ3) is 4.85. The molecule has 168 valence electrons. The predicted octanol–water partition coefficient (Wildman–Crippen LogP) is 4.13. The number of amides is 3. The highest BCUT2D eigenvalue weighted by Crippen LogP contribution is 2.35. The number of hydrogen-bond donors (Lipinski definition) is 3. The molecule has 0 spiro atoms. The smallest absolute Gasteiger partial charge is 0.319 e. The van der Waals surface area contributed by atoms with E-state index in [1.54, 1.807) is 17.0 Å². The van der Waals surface area contributed by atoms with Gasteiger partial charge in [0.05, 0.1) is 6.04 Å². The van der Waals surface area contributed by atoms with E-state index in [1.807, 2.05) is 60.7 Å². The summed E-state index contributed by atoms with van der Waals surface area (Å²) in [6.45, 7) is 1.40. The van der Waals surface area contributed by atoms with Gasteiger partial charge in [-0.15, -0.1) is 0 Å². The van der Waals surface area contributed by atoms with Crippen LogP contribution in [0.15, 0.2) is 72.8 Å². The maximum absolute atomic E-state index is 12.6. The summed E-state index contributed by atoms with van der Waals surface area (Å²) in [6, 6.07) is 22.1. The molecule has 3 amide bonds. The number of rotatable bonds is 5. The average molecular weight is 444 g/mol. The first kappa shape index (κ1) is 20.7. The van der Waals surface area contributed by atoms with Crippen molar-refractivity contribution in [2.75, 3.05) is 35.3 Å². The fourth-order valence-corrected chi connectivity index (χ4v) is 3.93. The molecule has 2 aliphatic heterocycles. The number of nitrogens with zero attached hydrogens (tertiary/aromatic N) is 1. The molecule has 8 heteroatoms. The second-order valence-electron chi connectivity index (χ2n) is 7.90. The molecule has 0 radical (unpaired) electrons. The van der Waals surface area contributed by atoms with Crippen LogP contribution in [0.25, 0.3) is 0 Å². The van der Waals surface area contributed by atoms with Crippen LogP contribution in [-0.2, 0) is 4.79 Å². The Bertz CT molecular complexity index is 1150. The van der Waals surface area contributed by atoms with E-state index in [0.29, 0.717) is 36.9 Å². The molecule has 0 bridgehead atoms. The number of benzene rings is 3. The van der Waals surface area contributed by atoms with Crippen molar-refractivity contribution in [2.45, 2.75) is 12.5 Å². The summed E-state index contributed by atoms with van der Waals surface area (Å²) in [5.74, 6) is 1.26. The summed E-state index contributed by atoms with van der Waals surface area (Å²) >= 11 is 0. The highest BCUT2D eigenvalue weighted by atomic mass is 16.6. The first-order chi connectivity index (χ1) is 16.1. The van der Waals surface area contributed by atoms with Crippen LogP contribution in [0.5, 0.6) is 11.5 Å². The summed E-state index contributed by atoms with van der Waals surface area (Å²) in [7, 11) is 0. The van der Waals surface area contributed by atoms with Gasteiger partial charge in [-0.1, -0.05) is 18.2 Å². The predicted molar refractivity (Wildman–Crippen MR) is 127 cm³/mol. The lowest BCUT2D eigenvalue weighted by Crippen LogP contribution is -2.39. The van der Waals surface area contributed by atoms with Crippen molar-refractivity contribution in [3.8, 4) is 11.5 Å². The zero-order chi connectivity index (χ0) is 22.6. The van der Waals surface area contributed by atoms with Gasteiger partial charge < -0.3 is 30.3 Å². The van der Waals surface area contributed by atoms with Crippen LogP contribution in [0.4, 0.5) is 27.5 Å². The van der Waals surface area contributed by atoms with Gasteiger partial charge in [-0.25, -0.2) is 4.79 Å². The van der Waals surface area contributed by atoms with Crippen LogP contribution in [0, 0.1) is 0 Å². The topological polar surface area (TPSA) is 91.9 Å². The molecular formula is C25H24N4O4. The number of anilines is 4. The molecule has 33 heavy (non-hydrogen) atoms. The molecule has 2 heterocycles. The van der Waals surface area contributed by atoms with Crippen LogP contribution >= 0.6 is 0 Å². The molecule has 1 atom stereocenters. The lowest BCUT2D eigenvalue weighted by molar-refractivity contribution is -0.117. The molecule has 5 rings (SSSR count). The Morgan fingerprint density at radius 3 is 2.33 bits per heavy atom. The van der Waals surface area contributed by atoms with Crippen LogP contribution in [0.1, 0.15) is 6.42 Å². The number of carbonyl (C=O) groups is 2. The van der Waals surface area contributed by atoms with Crippen molar-refractivity contribution < 1.29 is 19.1 Å². The Morgan fingerprint density at radius 2 is 1.55 bits per heavy atom. The second kappa shape index (κ2) is 9.12. The first-order valence-corrected chi connectivity index (χ1v) is 10.8. The first-order valence-electron chi connectivity index (χ1n) is 10.8. The monoisotopic (exact) mass is 444 g/mol. The van der Waals surface area contributed by atoms with Crippen LogP contribution in [-0.4, -0.2) is 37.7 Å². The number of fused-ring (bicyclic) bond motifs is 1. The second-order valence-corrected chi connectivity index (χ2v) is 7.90. The van der Waals surface area contributed by atoms with Crippen molar-refractivity contribution in [3.05, 3.63) is 72.8 Å². The average Bonchev–Trinajstić information content (AvgIpc) is 3.20. The van der Waals surface area contributed by atoms with E-state index in [4.69, 9.17) is 9.47 Å². The molecule has 1 saturated heterocycles. The summed E-state index contributed by atoms with van der Waals surface area (Å²) < 4.78 is 11.1. The van der Waals surface area contributed by atoms with Gasteiger partial charge in [-0.2, -0.15) is 0 Å². The van der Waals surface area contributed by atoms with Crippen LogP contribution in [0.3, 0.4) is 0 Å². The molecule has 1 fully saturated rings. The number of para-hydroxylation sites is 1. The Kier molecular flexibility index (Phi) is 5.72. The molecule has 0 aromatic heterocycles. The molecule has 3 aromatic rings. The third-order valence-corrected chi connectivity index (χ3v) is 5.50. The van der Waals surface area contributed by atoms with Crippen molar-refractivity contribution in [1.29, 1.82) is 0 Å². The summed E-state index contributed by atoms with van der Waals surface area (Å²) in [5.41, 5.74) is 3.31. The zero-order valence-corrected chi connectivity index (χ0v) is 17.9. The van der Waals surface area contributed by atoms with E-state index < -0.39 is 0 Å². The maximum atomic E-state index is 12.6. The number of urea groups is 1. The fraction of sp³-hybridized carbons (Fsp3) is 0.200. The van der Waals surface area contributed by atoms with Crippen LogP contribution < -0.4 is 30.3 Å². The van der Waals surface area contributed by atoms with E-state index >= 15 is 0 Å². The number of hydrogen-bond acceptors (Lipinski definition) is 5. The largest absolute Gasteiger partial charge is 0.486 e. The third-order valence-electron chi connectivity index (χ3n) is 5.50. The molecular weight excluding hydrogens is 420 g/mol. The maximum Gasteiger partial charge on any atom is 0.319 e. The van der Waals surface area contributed by atoms with Gasteiger partial charge in [0, 0.05) is 41.8 Å². The molecule has 0 unspecified atom stereocenters. The van der Waals surface area contributed by atoms with E-state index in [-0.39, 0.29) is 24.4 Å². The van der Waals surface area contributed by atoms with E-state index in [9.17, 15) is 9.59 Å². The van der Waals surface area contributed by atoms with E-state index in [2.05, 4.69) is 16.0 Å². The van der Waals surface area contributed by atoms with Gasteiger partial charge in [0.1, 0.15) is 13.2 Å². The van der Waals surface area contributed by atoms with E-state index in [1.165, 1.54) is 0 Å². The van der Waals surface area contributed by atoms with Crippen molar-refractivity contribution >= 4 is 34.7 Å². The highest BCUT2D eigenvalue weighted by molar-refractivity contribution is 5.98. The molecule has 8 nitrogen and oxygen atoms in total. The van der Waals surface area contributed by atoms with Gasteiger partial charge in [0.2, 0.25) is 5.91 Å². The number of ether oxygens (including phenoxy) is 2. The molecule has 2 aliphatic rings. The minimum Gasteiger partial charge on any atom is -0.486 e. The van der Waals surface area contributed by atoms with Crippen molar-refractivity contribution in [2.24, 2.45) is 0 Å². The number of nitrogens with one attached hydrogen (secondary N) is 3.